The summed E-state index contributed by atoms with van der Waals surface area (Å²) in [5.41, 5.74) is -1.98. The number of nitro groups is 1. The van der Waals surface area contributed by atoms with Crippen LogP contribution in [0.4, 0.5) is 5.69 Å². The van der Waals surface area contributed by atoms with Crippen LogP contribution in [0.3, 0.4) is 0 Å². The smallest absolute Gasteiger partial charge is 0.369 e. The Kier molecular flexibility index (Phi) is 4.34. The Morgan fingerprint density at radius 1 is 1.45 bits per heavy atom. The van der Waals surface area contributed by atoms with Crippen LogP contribution in [0.5, 0.6) is 0 Å². The first-order valence-electron chi connectivity index (χ1n) is 4.68. The molecule has 11 heteroatoms. The molecule has 1 N–H and O–H groups in total. The normalized spacial score (nSPS) is 11.4. The van der Waals surface area contributed by atoms with E-state index >= 15 is 0 Å². The first-order chi connectivity index (χ1) is 9.29. The van der Waals surface area contributed by atoms with Crippen LogP contribution in [0, 0.1) is 21.4 Å². The topological polar surface area (TPSA) is 160 Å². The third-order valence-electron chi connectivity index (χ3n) is 1.87. The maximum atomic E-state index is 11.7. The van der Waals surface area contributed by atoms with Crippen LogP contribution in [0.15, 0.2) is 34.3 Å². The van der Waals surface area contributed by atoms with Crippen molar-refractivity contribution in [1.82, 2.24) is 0 Å². The van der Waals surface area contributed by atoms with Gasteiger partial charge in [-0.25, -0.2) is 4.79 Å². The Morgan fingerprint density at radius 3 is 2.55 bits per heavy atom. The fourth-order valence-electron chi connectivity index (χ4n) is 1.05. The zero-order valence-corrected chi connectivity index (χ0v) is 10.3. The van der Waals surface area contributed by atoms with Crippen molar-refractivity contribution in [3.05, 3.63) is 34.4 Å². The standard InChI is InChI=1S/C9H5N3O7S/c10-5-6(9(13)14)11-19-20(17,18)8-4-2-1-3-7(8)12(15)16/h1-4H,(H,13,14). The molecule has 0 aliphatic rings. The summed E-state index contributed by atoms with van der Waals surface area (Å²) >= 11 is 0. The van der Waals surface area contributed by atoms with Gasteiger partial charge in [0.1, 0.15) is 6.07 Å². The lowest BCUT2D eigenvalue weighted by Crippen LogP contribution is -2.13. The molecule has 0 unspecified atom stereocenters. The summed E-state index contributed by atoms with van der Waals surface area (Å²) in [5.74, 6) is -1.80. The van der Waals surface area contributed by atoms with E-state index in [0.717, 1.165) is 18.2 Å². The number of nitriles is 1. The minimum absolute atomic E-state index is 0.767. The van der Waals surface area contributed by atoms with Gasteiger partial charge in [-0.2, -0.15) is 13.7 Å². The van der Waals surface area contributed by atoms with Crippen molar-refractivity contribution in [1.29, 1.82) is 5.26 Å². The molecule has 0 aromatic heterocycles. The maximum Gasteiger partial charge on any atom is 0.369 e. The van der Waals surface area contributed by atoms with Crippen LogP contribution in [0.2, 0.25) is 0 Å². The predicted molar refractivity (Wildman–Crippen MR) is 62.1 cm³/mol. The number of carboxylic acid groups (broad SMARTS) is 1. The molecule has 0 aliphatic heterocycles. The quantitative estimate of drug-likeness (QED) is 0.460. The Hall–Kier alpha value is -3.00. The number of aliphatic carboxylic acids is 1. The van der Waals surface area contributed by atoms with Gasteiger partial charge in [-0.1, -0.05) is 12.1 Å². The number of hydrogen-bond acceptors (Lipinski definition) is 8. The molecule has 1 rings (SSSR count). The van der Waals surface area contributed by atoms with E-state index in [0.29, 0.717) is 0 Å². The molecule has 0 saturated carbocycles. The van der Waals surface area contributed by atoms with Gasteiger partial charge in [-0.15, -0.1) is 0 Å². The molecule has 1 aromatic rings. The summed E-state index contributed by atoms with van der Waals surface area (Å²) in [7, 11) is -4.72. The monoisotopic (exact) mass is 299 g/mol. The highest BCUT2D eigenvalue weighted by atomic mass is 32.2. The number of nitrogens with zero attached hydrogens (tertiary/aromatic N) is 3. The molecule has 20 heavy (non-hydrogen) atoms. The number of benzene rings is 1. The predicted octanol–water partition coefficient (Wildman–Crippen LogP) is 0.264. The van der Waals surface area contributed by atoms with Crippen LogP contribution in [0.25, 0.3) is 0 Å². The largest absolute Gasteiger partial charge is 0.476 e. The summed E-state index contributed by atoms with van der Waals surface area (Å²) in [4.78, 5) is 19.3. The second-order valence-corrected chi connectivity index (χ2v) is 4.61. The van der Waals surface area contributed by atoms with Crippen LogP contribution in [0.1, 0.15) is 0 Å². The summed E-state index contributed by atoms with van der Waals surface area (Å²) in [6.07, 6.45) is 0. The van der Waals surface area contributed by atoms with E-state index in [1.807, 2.05) is 0 Å². The van der Waals surface area contributed by atoms with E-state index in [1.165, 1.54) is 12.1 Å². The number of nitro benzene ring substituents is 1. The lowest BCUT2D eigenvalue weighted by molar-refractivity contribution is -0.387. The first-order valence-corrected chi connectivity index (χ1v) is 6.09. The fraction of sp³-hybridized carbons (Fsp3) is 0. The van der Waals surface area contributed by atoms with Crippen molar-refractivity contribution in [2.24, 2.45) is 5.16 Å². The van der Waals surface area contributed by atoms with E-state index in [9.17, 15) is 23.3 Å². The molecular formula is C9H5N3O7S. The van der Waals surface area contributed by atoms with Gasteiger partial charge in [0.25, 0.3) is 11.4 Å². The highest BCUT2D eigenvalue weighted by Gasteiger charge is 2.27. The molecule has 0 saturated heterocycles. The SMILES string of the molecule is N#CC(=NOS(=O)(=O)c1ccccc1[N+](=O)[O-])C(=O)O. The molecule has 0 amide bonds. The molecule has 0 heterocycles. The number of para-hydroxylation sites is 1. The van der Waals surface area contributed by atoms with Gasteiger partial charge in [-0.05, 0) is 11.2 Å². The van der Waals surface area contributed by atoms with Crippen molar-refractivity contribution in [2.45, 2.75) is 4.90 Å². The zero-order chi connectivity index (χ0) is 15.3. The van der Waals surface area contributed by atoms with Gasteiger partial charge < -0.3 is 5.11 Å². The molecule has 104 valence electrons. The third kappa shape index (κ3) is 3.27. The van der Waals surface area contributed by atoms with Crippen LogP contribution >= 0.6 is 0 Å². The van der Waals surface area contributed by atoms with Gasteiger partial charge in [0.05, 0.1) is 4.92 Å². The highest BCUT2D eigenvalue weighted by Crippen LogP contribution is 2.24. The van der Waals surface area contributed by atoms with Crippen molar-refractivity contribution in [3.8, 4) is 6.07 Å². The third-order valence-corrected chi connectivity index (χ3v) is 3.02. The van der Waals surface area contributed by atoms with Crippen LogP contribution in [-0.2, 0) is 19.2 Å². The molecule has 10 nitrogen and oxygen atoms in total. The minimum Gasteiger partial charge on any atom is -0.476 e. The highest BCUT2D eigenvalue weighted by molar-refractivity contribution is 7.86. The molecule has 0 radical (unpaired) electrons. The molecule has 1 aromatic carbocycles. The lowest BCUT2D eigenvalue weighted by Gasteiger charge is -2.02. The minimum atomic E-state index is -4.72. The molecule has 0 bridgehead atoms. The fourth-order valence-corrected chi connectivity index (χ4v) is 1.95. The van der Waals surface area contributed by atoms with Gasteiger partial charge in [0.2, 0.25) is 0 Å². The molecule has 0 atom stereocenters. The van der Waals surface area contributed by atoms with E-state index in [4.69, 9.17) is 10.4 Å². The maximum absolute atomic E-state index is 11.7. The van der Waals surface area contributed by atoms with Crippen LogP contribution < -0.4 is 0 Å². The average Bonchev–Trinajstić information content (AvgIpc) is 2.38. The van der Waals surface area contributed by atoms with E-state index < -0.39 is 37.3 Å². The Balaban J connectivity index is 3.23. The van der Waals surface area contributed by atoms with Gasteiger partial charge in [0, 0.05) is 6.07 Å². The number of oxime groups is 1. The van der Waals surface area contributed by atoms with Gasteiger partial charge in [-0.3, -0.25) is 14.4 Å². The summed E-state index contributed by atoms with van der Waals surface area (Å²) in [6, 6.07) is 5.33. The van der Waals surface area contributed by atoms with E-state index in [-0.39, 0.29) is 0 Å². The summed E-state index contributed by atoms with van der Waals surface area (Å²) < 4.78 is 27.3. The number of carbonyl (C=O) groups is 1. The van der Waals surface area contributed by atoms with Gasteiger partial charge >= 0.3 is 16.1 Å². The number of hydrogen-bond donors (Lipinski definition) is 1. The molecular weight excluding hydrogens is 294 g/mol. The molecule has 0 spiro atoms. The van der Waals surface area contributed by atoms with Crippen molar-refractivity contribution >= 4 is 27.5 Å². The summed E-state index contributed by atoms with van der Waals surface area (Å²) in [5, 5.41) is 30.1. The second-order valence-electron chi connectivity index (χ2n) is 3.11. The van der Waals surface area contributed by atoms with Crippen molar-refractivity contribution in [2.75, 3.05) is 0 Å². The van der Waals surface area contributed by atoms with Crippen LogP contribution in [-0.4, -0.2) is 30.1 Å². The molecule has 0 aliphatic carbocycles. The second kappa shape index (κ2) is 5.76. The van der Waals surface area contributed by atoms with E-state index in [1.54, 1.807) is 0 Å². The zero-order valence-electron chi connectivity index (χ0n) is 9.46. The Bertz CT molecular complexity index is 732. The van der Waals surface area contributed by atoms with E-state index in [2.05, 4.69) is 9.44 Å². The number of carboxylic acids is 1. The molecule has 0 fully saturated rings. The Labute approximate surface area is 111 Å². The van der Waals surface area contributed by atoms with Crippen molar-refractivity contribution < 1.29 is 27.5 Å². The number of rotatable bonds is 5. The van der Waals surface area contributed by atoms with Crippen molar-refractivity contribution in [3.63, 3.8) is 0 Å². The van der Waals surface area contributed by atoms with Gasteiger partial charge in [0.15, 0.2) is 4.90 Å². The lowest BCUT2D eigenvalue weighted by atomic mass is 10.3. The average molecular weight is 299 g/mol. The first kappa shape index (κ1) is 15.1. The summed E-state index contributed by atoms with van der Waals surface area (Å²) in [6.45, 7) is 0. The Morgan fingerprint density at radius 2 is 2.05 bits per heavy atom.